The third-order valence-electron chi connectivity index (χ3n) is 3.55. The molecule has 0 fully saturated rings. The van der Waals surface area contributed by atoms with Gasteiger partial charge < -0.3 is 10.1 Å². The highest BCUT2D eigenvalue weighted by atomic mass is 35.5. The van der Waals surface area contributed by atoms with Crippen molar-refractivity contribution in [2.24, 2.45) is 0 Å². The number of sulfonamides is 1. The molecule has 1 atom stereocenters. The third-order valence-corrected chi connectivity index (χ3v) is 6.97. The lowest BCUT2D eigenvalue weighted by Gasteiger charge is -2.16. The first-order valence-electron chi connectivity index (χ1n) is 8.12. The molecule has 1 amide bonds. The summed E-state index contributed by atoms with van der Waals surface area (Å²) in [5.74, 6) is -1.20. The molecular weight excluding hydrogens is 447 g/mol. The first-order chi connectivity index (χ1) is 13.2. The lowest BCUT2D eigenvalue weighted by Crippen LogP contribution is -2.32. The van der Waals surface area contributed by atoms with Gasteiger partial charge in [0.2, 0.25) is 10.0 Å². The van der Waals surface area contributed by atoms with Gasteiger partial charge >= 0.3 is 5.97 Å². The van der Waals surface area contributed by atoms with Gasteiger partial charge in [-0.1, -0.05) is 35.3 Å². The second kappa shape index (κ2) is 10.2. The van der Waals surface area contributed by atoms with E-state index in [0.717, 1.165) is 11.3 Å². The maximum absolute atomic E-state index is 11.9. The average molecular weight is 465 g/mol. The van der Waals surface area contributed by atoms with Crippen molar-refractivity contribution in [1.82, 2.24) is 10.0 Å². The van der Waals surface area contributed by atoms with E-state index in [1.807, 2.05) is 0 Å². The van der Waals surface area contributed by atoms with Crippen LogP contribution in [0.1, 0.15) is 24.9 Å². The lowest BCUT2D eigenvalue weighted by molar-refractivity contribution is -0.148. The molecule has 7 nitrogen and oxygen atoms in total. The SMILES string of the molecule is CC(NC(=O)COC(=O)CCNS(=O)(=O)c1cccs1)c1ccc(Cl)cc1Cl. The van der Waals surface area contributed by atoms with Crippen molar-refractivity contribution >= 4 is 56.4 Å². The van der Waals surface area contributed by atoms with Crippen LogP contribution in [0.4, 0.5) is 0 Å². The molecule has 2 aromatic rings. The van der Waals surface area contributed by atoms with Crippen LogP contribution in [0.3, 0.4) is 0 Å². The summed E-state index contributed by atoms with van der Waals surface area (Å²) < 4.78 is 31.1. The smallest absolute Gasteiger partial charge is 0.307 e. The Morgan fingerprint density at radius 2 is 2.00 bits per heavy atom. The van der Waals surface area contributed by atoms with E-state index in [9.17, 15) is 18.0 Å². The number of amides is 1. The lowest BCUT2D eigenvalue weighted by atomic mass is 10.1. The van der Waals surface area contributed by atoms with Crippen LogP contribution in [-0.4, -0.2) is 33.4 Å². The van der Waals surface area contributed by atoms with Crippen molar-refractivity contribution in [1.29, 1.82) is 0 Å². The number of esters is 1. The average Bonchev–Trinajstić information content (AvgIpc) is 3.15. The molecule has 11 heteroatoms. The molecule has 0 aliphatic carbocycles. The van der Waals surface area contributed by atoms with Crippen molar-refractivity contribution in [3.05, 3.63) is 51.3 Å². The summed E-state index contributed by atoms with van der Waals surface area (Å²) in [7, 11) is -3.64. The Morgan fingerprint density at radius 3 is 2.64 bits per heavy atom. The van der Waals surface area contributed by atoms with Crippen LogP contribution in [0.5, 0.6) is 0 Å². The molecule has 2 N–H and O–H groups in total. The Bertz CT molecular complexity index is 933. The van der Waals surface area contributed by atoms with E-state index in [4.69, 9.17) is 27.9 Å². The van der Waals surface area contributed by atoms with Gasteiger partial charge in [-0.25, -0.2) is 13.1 Å². The summed E-state index contributed by atoms with van der Waals surface area (Å²) in [6, 6.07) is 7.59. The Labute approximate surface area is 177 Å². The summed E-state index contributed by atoms with van der Waals surface area (Å²) in [6.07, 6.45) is -0.198. The van der Waals surface area contributed by atoms with Gasteiger partial charge in [-0.15, -0.1) is 11.3 Å². The minimum Gasteiger partial charge on any atom is -0.456 e. The van der Waals surface area contributed by atoms with Gasteiger partial charge in [-0.05, 0) is 36.1 Å². The first-order valence-corrected chi connectivity index (χ1v) is 11.2. The van der Waals surface area contributed by atoms with Crippen molar-refractivity contribution in [2.75, 3.05) is 13.2 Å². The summed E-state index contributed by atoms with van der Waals surface area (Å²) in [5.41, 5.74) is 0.675. The zero-order valence-corrected chi connectivity index (χ0v) is 17.9. The fraction of sp³-hybridized carbons (Fsp3) is 0.294. The van der Waals surface area contributed by atoms with E-state index >= 15 is 0 Å². The van der Waals surface area contributed by atoms with E-state index in [2.05, 4.69) is 10.0 Å². The highest BCUT2D eigenvalue weighted by Gasteiger charge is 2.17. The number of benzene rings is 1. The molecule has 0 aliphatic heterocycles. The monoisotopic (exact) mass is 464 g/mol. The molecule has 0 saturated carbocycles. The fourth-order valence-electron chi connectivity index (χ4n) is 2.21. The van der Waals surface area contributed by atoms with Gasteiger partial charge in [-0.2, -0.15) is 0 Å². The number of ether oxygens (including phenoxy) is 1. The maximum Gasteiger partial charge on any atom is 0.307 e. The summed E-state index contributed by atoms with van der Waals surface area (Å²) in [5, 5.41) is 5.19. The van der Waals surface area contributed by atoms with E-state index < -0.39 is 34.5 Å². The van der Waals surface area contributed by atoms with Gasteiger partial charge in [0.05, 0.1) is 12.5 Å². The number of carbonyl (C=O) groups is 2. The molecule has 1 aromatic carbocycles. The molecular formula is C17H18Cl2N2O5S2. The predicted octanol–water partition coefficient (Wildman–Crippen LogP) is 3.14. The Morgan fingerprint density at radius 1 is 1.25 bits per heavy atom. The second-order valence-electron chi connectivity index (χ2n) is 5.70. The topological polar surface area (TPSA) is 102 Å². The van der Waals surface area contributed by atoms with Crippen LogP contribution in [0.2, 0.25) is 10.0 Å². The number of halogens is 2. The third kappa shape index (κ3) is 6.75. The van der Waals surface area contributed by atoms with Gasteiger partial charge in [-0.3, -0.25) is 9.59 Å². The number of thiophene rings is 1. The molecule has 1 aromatic heterocycles. The number of hydrogen-bond acceptors (Lipinski definition) is 6. The van der Waals surface area contributed by atoms with Crippen LogP contribution in [0.25, 0.3) is 0 Å². The number of hydrogen-bond donors (Lipinski definition) is 2. The number of carbonyl (C=O) groups excluding carboxylic acids is 2. The zero-order chi connectivity index (χ0) is 20.7. The summed E-state index contributed by atoms with van der Waals surface area (Å²) >= 11 is 13.0. The van der Waals surface area contributed by atoms with Crippen LogP contribution in [0, 0.1) is 0 Å². The molecule has 0 aliphatic rings. The minimum absolute atomic E-state index is 0.128. The van der Waals surface area contributed by atoms with Gasteiger partial charge in [0.1, 0.15) is 4.21 Å². The Kier molecular flexibility index (Phi) is 8.26. The van der Waals surface area contributed by atoms with E-state index in [1.54, 1.807) is 36.6 Å². The molecule has 0 radical (unpaired) electrons. The van der Waals surface area contributed by atoms with Gasteiger partial charge in [0, 0.05) is 16.6 Å². The van der Waals surface area contributed by atoms with Gasteiger partial charge in [0.25, 0.3) is 5.91 Å². The molecule has 1 heterocycles. The Hall–Kier alpha value is -1.65. The maximum atomic E-state index is 11.9. The number of nitrogens with one attached hydrogen (secondary N) is 2. The standard InChI is InChI=1S/C17H18Cl2N2O5S2/c1-11(13-5-4-12(18)9-14(13)19)21-15(22)10-26-16(23)6-7-20-28(24,25)17-3-2-8-27-17/h2-5,8-9,11,20H,6-7,10H2,1H3,(H,21,22). The minimum atomic E-state index is -3.64. The van der Waals surface area contributed by atoms with Crippen molar-refractivity contribution in [2.45, 2.75) is 23.6 Å². The van der Waals surface area contributed by atoms with Gasteiger partial charge in [0.15, 0.2) is 6.61 Å². The van der Waals surface area contributed by atoms with Crippen molar-refractivity contribution in [3.8, 4) is 0 Å². The molecule has 152 valence electrons. The highest BCUT2D eigenvalue weighted by Crippen LogP contribution is 2.26. The normalized spacial score (nSPS) is 12.4. The fourth-order valence-corrected chi connectivity index (χ4v) is 4.85. The highest BCUT2D eigenvalue weighted by molar-refractivity contribution is 7.91. The molecule has 28 heavy (non-hydrogen) atoms. The number of rotatable bonds is 9. The van der Waals surface area contributed by atoms with E-state index in [1.165, 1.54) is 6.07 Å². The summed E-state index contributed by atoms with van der Waals surface area (Å²) in [6.45, 7) is 1.12. The van der Waals surface area contributed by atoms with Crippen molar-refractivity contribution < 1.29 is 22.7 Å². The molecule has 0 bridgehead atoms. The molecule has 0 saturated heterocycles. The van der Waals surface area contributed by atoms with Crippen molar-refractivity contribution in [3.63, 3.8) is 0 Å². The largest absolute Gasteiger partial charge is 0.456 e. The molecule has 1 unspecified atom stereocenters. The zero-order valence-electron chi connectivity index (χ0n) is 14.8. The second-order valence-corrected chi connectivity index (χ2v) is 9.48. The first kappa shape index (κ1) is 22.6. The van der Waals surface area contributed by atoms with Crippen LogP contribution in [-0.2, 0) is 24.3 Å². The molecule has 0 spiro atoms. The molecule has 2 rings (SSSR count). The Balaban J connectivity index is 1.72. The predicted molar refractivity (Wildman–Crippen MR) is 108 cm³/mol. The quantitative estimate of drug-likeness (QED) is 0.554. The van der Waals surface area contributed by atoms with Crippen LogP contribution in [0.15, 0.2) is 39.9 Å². The van der Waals surface area contributed by atoms with E-state index in [0.29, 0.717) is 15.6 Å². The van der Waals surface area contributed by atoms with E-state index in [-0.39, 0.29) is 17.2 Å². The summed E-state index contributed by atoms with van der Waals surface area (Å²) in [4.78, 5) is 23.6. The van der Waals surface area contributed by atoms with Crippen LogP contribution < -0.4 is 10.0 Å². The van der Waals surface area contributed by atoms with Crippen LogP contribution >= 0.6 is 34.5 Å².